The lowest BCUT2D eigenvalue weighted by Gasteiger charge is -2.12. The van der Waals surface area contributed by atoms with E-state index < -0.39 is 0 Å². The molecule has 0 aliphatic heterocycles. The molecule has 2 aromatic heterocycles. The smallest absolute Gasteiger partial charge is 0.250 e. The lowest BCUT2D eigenvalue weighted by Crippen LogP contribution is -2.02. The average Bonchev–Trinajstić information content (AvgIpc) is 3.31. The summed E-state index contributed by atoms with van der Waals surface area (Å²) in [5.41, 5.74) is 0.838. The lowest BCUT2D eigenvalue weighted by atomic mass is 10.1. The van der Waals surface area contributed by atoms with E-state index in [-0.39, 0.29) is 0 Å². The summed E-state index contributed by atoms with van der Waals surface area (Å²) in [7, 11) is 4.70. The molecule has 9 nitrogen and oxygen atoms in total. The molecule has 9 heteroatoms. The first-order chi connectivity index (χ1) is 12.2. The van der Waals surface area contributed by atoms with Crippen LogP contribution in [0.1, 0.15) is 17.3 Å². The summed E-state index contributed by atoms with van der Waals surface area (Å²) < 4.78 is 22.8. The molecular weight excluding hydrogens is 326 g/mol. The fourth-order valence-corrected chi connectivity index (χ4v) is 2.23. The van der Waals surface area contributed by atoms with E-state index >= 15 is 0 Å². The van der Waals surface area contributed by atoms with Crippen LogP contribution in [0.2, 0.25) is 0 Å². The monoisotopic (exact) mass is 343 g/mol. The lowest BCUT2D eigenvalue weighted by molar-refractivity contribution is 0.324. The predicted molar refractivity (Wildman–Crippen MR) is 88.4 cm³/mol. The molecule has 0 aliphatic carbocycles. The van der Waals surface area contributed by atoms with Gasteiger partial charge in [0, 0.05) is 12.3 Å². The minimum atomic E-state index is 0.379. The maximum Gasteiger partial charge on any atom is 0.250 e. The third-order valence-corrected chi connectivity index (χ3v) is 3.36. The number of aromatic nitrogens is 5. The normalized spacial score (nSPS) is 11.0. The second kappa shape index (κ2) is 7.47. The topological polar surface area (TPSA) is 97.3 Å². The van der Waals surface area contributed by atoms with Crippen molar-refractivity contribution in [3.8, 4) is 17.2 Å². The second-order valence-electron chi connectivity index (χ2n) is 4.94. The quantitative estimate of drug-likeness (QED) is 0.642. The highest BCUT2D eigenvalue weighted by atomic mass is 16.5. The maximum absolute atomic E-state index is 5.33. The molecule has 0 aliphatic rings. The van der Waals surface area contributed by atoms with Crippen molar-refractivity contribution in [1.29, 1.82) is 0 Å². The van der Waals surface area contributed by atoms with Crippen LogP contribution in [0.5, 0.6) is 17.2 Å². The van der Waals surface area contributed by atoms with E-state index in [1.807, 2.05) is 18.2 Å². The van der Waals surface area contributed by atoms with Gasteiger partial charge in [0.15, 0.2) is 17.3 Å². The fourth-order valence-electron chi connectivity index (χ4n) is 2.23. The van der Waals surface area contributed by atoms with Gasteiger partial charge in [-0.15, -0.1) is 5.10 Å². The maximum atomic E-state index is 5.33. The summed E-state index contributed by atoms with van der Waals surface area (Å²) in [6.07, 6.45) is 6.84. The van der Waals surface area contributed by atoms with Crippen LogP contribution in [0.3, 0.4) is 0 Å². The zero-order valence-electron chi connectivity index (χ0n) is 14.0. The molecule has 0 saturated heterocycles. The molecule has 1 aromatic carbocycles. The van der Waals surface area contributed by atoms with E-state index in [2.05, 4.69) is 20.5 Å². The second-order valence-corrected chi connectivity index (χ2v) is 4.94. The van der Waals surface area contributed by atoms with Crippen molar-refractivity contribution < 1.29 is 18.7 Å². The standard InChI is InChI=1S/C16H17N5O4/c1-22-12-8-11(9-13(23-2)16(12)24-3)4-5-15-18-14(19-25-15)10-21-7-6-17-20-21/h4-9H,10H2,1-3H3/b5-4+. The molecule has 3 rings (SSSR count). The van der Waals surface area contributed by atoms with Gasteiger partial charge in [0.2, 0.25) is 5.75 Å². The first-order valence-electron chi connectivity index (χ1n) is 7.38. The Bertz CT molecular complexity index is 832. The van der Waals surface area contributed by atoms with Gasteiger partial charge in [-0.3, -0.25) is 0 Å². The van der Waals surface area contributed by atoms with Crippen LogP contribution in [0, 0.1) is 0 Å². The Morgan fingerprint density at radius 1 is 1.08 bits per heavy atom. The zero-order chi connectivity index (χ0) is 17.6. The van der Waals surface area contributed by atoms with Crippen LogP contribution in [-0.2, 0) is 6.54 Å². The van der Waals surface area contributed by atoms with Gasteiger partial charge in [-0.1, -0.05) is 10.4 Å². The number of hydrogen-bond donors (Lipinski definition) is 0. The molecular formula is C16H17N5O4. The zero-order valence-corrected chi connectivity index (χ0v) is 14.0. The van der Waals surface area contributed by atoms with Gasteiger partial charge in [-0.05, 0) is 23.8 Å². The number of methoxy groups -OCH3 is 3. The highest BCUT2D eigenvalue weighted by Gasteiger charge is 2.12. The Kier molecular flexibility index (Phi) is 4.93. The van der Waals surface area contributed by atoms with Crippen molar-refractivity contribution in [2.45, 2.75) is 6.54 Å². The predicted octanol–water partition coefficient (Wildman–Crippen LogP) is 1.91. The highest BCUT2D eigenvalue weighted by molar-refractivity contribution is 5.70. The molecule has 25 heavy (non-hydrogen) atoms. The molecule has 0 spiro atoms. The third-order valence-electron chi connectivity index (χ3n) is 3.36. The molecule has 2 heterocycles. The Labute approximate surface area is 143 Å². The van der Waals surface area contributed by atoms with Crippen LogP contribution < -0.4 is 14.2 Å². The molecule has 0 fully saturated rings. The van der Waals surface area contributed by atoms with Crippen molar-refractivity contribution in [3.63, 3.8) is 0 Å². The molecule has 0 saturated carbocycles. The number of hydrogen-bond acceptors (Lipinski definition) is 8. The molecule has 0 N–H and O–H groups in total. The number of rotatable bonds is 7. The van der Waals surface area contributed by atoms with Gasteiger partial charge in [0.1, 0.15) is 6.54 Å². The Hall–Kier alpha value is -3.36. The molecule has 0 unspecified atom stereocenters. The minimum absolute atomic E-state index is 0.379. The van der Waals surface area contributed by atoms with Gasteiger partial charge in [-0.25, -0.2) is 4.68 Å². The SMILES string of the molecule is COc1cc(/C=C/c2nc(Cn3ccnn3)no2)cc(OC)c1OC. The van der Waals surface area contributed by atoms with Crippen molar-refractivity contribution >= 4 is 12.2 Å². The van der Waals surface area contributed by atoms with Gasteiger partial charge in [0.25, 0.3) is 5.89 Å². The first-order valence-corrected chi connectivity index (χ1v) is 7.38. The summed E-state index contributed by atoms with van der Waals surface area (Å²) in [6, 6.07) is 3.65. The van der Waals surface area contributed by atoms with Gasteiger partial charge >= 0.3 is 0 Å². The Morgan fingerprint density at radius 2 is 1.84 bits per heavy atom. The summed E-state index contributed by atoms with van der Waals surface area (Å²) in [5, 5.41) is 11.5. The summed E-state index contributed by atoms with van der Waals surface area (Å²) >= 11 is 0. The molecule has 0 amide bonds. The van der Waals surface area contributed by atoms with E-state index in [0.29, 0.717) is 35.5 Å². The van der Waals surface area contributed by atoms with Crippen molar-refractivity contribution in [2.24, 2.45) is 0 Å². The van der Waals surface area contributed by atoms with Crippen LogP contribution in [0.25, 0.3) is 12.2 Å². The van der Waals surface area contributed by atoms with Crippen LogP contribution in [0.15, 0.2) is 29.0 Å². The Morgan fingerprint density at radius 3 is 2.44 bits per heavy atom. The van der Waals surface area contributed by atoms with E-state index in [1.54, 1.807) is 44.5 Å². The minimum Gasteiger partial charge on any atom is -0.493 e. The number of benzene rings is 1. The molecule has 0 atom stereocenters. The van der Waals surface area contributed by atoms with Gasteiger partial charge in [0.05, 0.1) is 27.5 Å². The highest BCUT2D eigenvalue weighted by Crippen LogP contribution is 2.38. The molecule has 3 aromatic rings. The molecule has 130 valence electrons. The molecule has 0 radical (unpaired) electrons. The van der Waals surface area contributed by atoms with E-state index in [0.717, 1.165) is 5.56 Å². The van der Waals surface area contributed by atoms with E-state index in [4.69, 9.17) is 18.7 Å². The van der Waals surface area contributed by atoms with Crippen molar-refractivity contribution in [2.75, 3.05) is 21.3 Å². The summed E-state index contributed by atoms with van der Waals surface area (Å²) in [6.45, 7) is 0.390. The van der Waals surface area contributed by atoms with Crippen LogP contribution >= 0.6 is 0 Å². The summed E-state index contributed by atoms with van der Waals surface area (Å²) in [5.74, 6) is 2.56. The number of ether oxygens (including phenoxy) is 3. The van der Waals surface area contributed by atoms with E-state index in [1.165, 1.54) is 0 Å². The average molecular weight is 343 g/mol. The van der Waals surface area contributed by atoms with Gasteiger partial charge in [-0.2, -0.15) is 4.98 Å². The largest absolute Gasteiger partial charge is 0.493 e. The van der Waals surface area contributed by atoms with Crippen LogP contribution in [0.4, 0.5) is 0 Å². The van der Waals surface area contributed by atoms with E-state index in [9.17, 15) is 0 Å². The van der Waals surface area contributed by atoms with Crippen LogP contribution in [-0.4, -0.2) is 46.5 Å². The number of nitrogens with zero attached hydrogens (tertiary/aromatic N) is 5. The first kappa shape index (κ1) is 16.5. The van der Waals surface area contributed by atoms with Crippen molar-refractivity contribution in [1.82, 2.24) is 25.1 Å². The third kappa shape index (κ3) is 3.77. The molecule has 0 bridgehead atoms. The fraction of sp³-hybridized carbons (Fsp3) is 0.250. The Balaban J connectivity index is 1.79. The summed E-state index contributed by atoms with van der Waals surface area (Å²) in [4.78, 5) is 4.28. The van der Waals surface area contributed by atoms with Gasteiger partial charge < -0.3 is 18.7 Å². The van der Waals surface area contributed by atoms with Crippen molar-refractivity contribution in [3.05, 3.63) is 41.8 Å².